The molecule has 2 heterocycles. The predicted molar refractivity (Wildman–Crippen MR) is 76.9 cm³/mol. The second-order valence-corrected chi connectivity index (χ2v) is 10.3. The number of rotatable bonds is 5. The minimum absolute atomic E-state index is 0.0425. The first-order valence-electron chi connectivity index (χ1n) is 6.14. The first kappa shape index (κ1) is 15.9. The third kappa shape index (κ3) is 3.59. The fourth-order valence-electron chi connectivity index (χ4n) is 2.11. The molecule has 114 valence electrons. The second-order valence-electron chi connectivity index (χ2n) is 4.95. The van der Waals surface area contributed by atoms with Crippen molar-refractivity contribution in [2.75, 3.05) is 18.1 Å². The average molecular weight is 339 g/mol. The Morgan fingerprint density at radius 1 is 1.50 bits per heavy atom. The highest BCUT2D eigenvalue weighted by molar-refractivity contribution is 7.92. The van der Waals surface area contributed by atoms with Gasteiger partial charge in [0, 0.05) is 11.4 Å². The van der Waals surface area contributed by atoms with Crippen molar-refractivity contribution in [3.8, 4) is 0 Å². The Hall–Kier alpha value is -0.480. The summed E-state index contributed by atoms with van der Waals surface area (Å²) >= 11 is 1.03. The number of aliphatic hydroxyl groups is 1. The van der Waals surface area contributed by atoms with E-state index in [1.165, 1.54) is 6.07 Å². The lowest BCUT2D eigenvalue weighted by molar-refractivity contribution is 0.285. The standard InChI is InChI=1S/C11H17NO5S3/c1-8-4-11(18-10(8)6-13)20(16,17)12-5-9-2-3-19(14,15)7-9/h4,9,12-13H,2-3,5-7H2,1H3. The minimum Gasteiger partial charge on any atom is -0.391 e. The summed E-state index contributed by atoms with van der Waals surface area (Å²) in [5.74, 6) is 0.0145. The molecular formula is C11H17NO5S3. The first-order chi connectivity index (χ1) is 9.23. The van der Waals surface area contributed by atoms with Gasteiger partial charge in [0.2, 0.25) is 10.0 Å². The molecule has 1 fully saturated rings. The molecule has 0 bridgehead atoms. The maximum Gasteiger partial charge on any atom is 0.250 e. The molecule has 1 aromatic rings. The van der Waals surface area contributed by atoms with Crippen molar-refractivity contribution in [2.24, 2.45) is 5.92 Å². The van der Waals surface area contributed by atoms with Crippen LogP contribution < -0.4 is 4.72 Å². The van der Waals surface area contributed by atoms with Crippen LogP contribution in [0.2, 0.25) is 0 Å². The van der Waals surface area contributed by atoms with Crippen LogP contribution in [-0.4, -0.2) is 40.0 Å². The van der Waals surface area contributed by atoms with Gasteiger partial charge in [-0.15, -0.1) is 11.3 Å². The van der Waals surface area contributed by atoms with E-state index in [0.717, 1.165) is 16.9 Å². The Balaban J connectivity index is 2.04. The number of sulfone groups is 1. The molecule has 0 aromatic carbocycles. The molecule has 2 rings (SSSR count). The number of aliphatic hydroxyl groups excluding tert-OH is 1. The van der Waals surface area contributed by atoms with E-state index >= 15 is 0 Å². The largest absolute Gasteiger partial charge is 0.391 e. The Kier molecular flexibility index (Phi) is 4.55. The Morgan fingerprint density at radius 2 is 2.20 bits per heavy atom. The highest BCUT2D eigenvalue weighted by atomic mass is 32.2. The van der Waals surface area contributed by atoms with E-state index in [1.807, 2.05) is 0 Å². The summed E-state index contributed by atoms with van der Waals surface area (Å²) in [4.78, 5) is 0.619. The maximum absolute atomic E-state index is 12.1. The molecular weight excluding hydrogens is 322 g/mol. The molecule has 1 aliphatic rings. The topological polar surface area (TPSA) is 101 Å². The number of hydrogen-bond acceptors (Lipinski definition) is 6. The van der Waals surface area contributed by atoms with E-state index in [9.17, 15) is 16.8 Å². The number of thiophene rings is 1. The zero-order valence-corrected chi connectivity index (χ0v) is 13.4. The van der Waals surface area contributed by atoms with Crippen molar-refractivity contribution in [3.05, 3.63) is 16.5 Å². The van der Waals surface area contributed by atoms with Crippen LogP contribution in [-0.2, 0) is 26.5 Å². The fraction of sp³-hybridized carbons (Fsp3) is 0.636. The van der Waals surface area contributed by atoms with E-state index in [1.54, 1.807) is 6.92 Å². The summed E-state index contributed by atoms with van der Waals surface area (Å²) < 4.78 is 49.4. The van der Waals surface area contributed by atoms with Crippen molar-refractivity contribution in [2.45, 2.75) is 24.2 Å². The maximum atomic E-state index is 12.1. The van der Waals surface area contributed by atoms with Gasteiger partial charge in [0.1, 0.15) is 4.21 Å². The Labute approximate surface area is 122 Å². The van der Waals surface area contributed by atoms with Gasteiger partial charge in [-0.05, 0) is 30.9 Å². The highest BCUT2D eigenvalue weighted by Crippen LogP contribution is 2.26. The zero-order chi connectivity index (χ0) is 15.0. The van der Waals surface area contributed by atoms with Crippen molar-refractivity contribution < 1.29 is 21.9 Å². The van der Waals surface area contributed by atoms with Crippen molar-refractivity contribution in [1.82, 2.24) is 4.72 Å². The molecule has 0 saturated carbocycles. The quantitative estimate of drug-likeness (QED) is 0.801. The molecule has 0 radical (unpaired) electrons. The summed E-state index contributed by atoms with van der Waals surface area (Å²) in [6.45, 7) is 1.68. The molecule has 6 nitrogen and oxygen atoms in total. The molecule has 20 heavy (non-hydrogen) atoms. The van der Waals surface area contributed by atoms with E-state index < -0.39 is 19.9 Å². The lowest BCUT2D eigenvalue weighted by Gasteiger charge is -2.09. The third-order valence-electron chi connectivity index (χ3n) is 3.30. The molecule has 0 aliphatic carbocycles. The third-order valence-corrected chi connectivity index (χ3v) is 8.25. The van der Waals surface area contributed by atoms with Gasteiger partial charge in [-0.1, -0.05) is 0 Å². The second kappa shape index (κ2) is 5.72. The SMILES string of the molecule is Cc1cc(S(=O)(=O)NCC2CCS(=O)(=O)C2)sc1CO. The van der Waals surface area contributed by atoms with Crippen LogP contribution in [0.25, 0.3) is 0 Å². The first-order valence-corrected chi connectivity index (χ1v) is 10.3. The van der Waals surface area contributed by atoms with Gasteiger partial charge in [-0.25, -0.2) is 21.6 Å². The number of aryl methyl sites for hydroxylation is 1. The monoisotopic (exact) mass is 339 g/mol. The summed E-state index contributed by atoms with van der Waals surface area (Å²) in [6.07, 6.45) is 0.496. The molecule has 9 heteroatoms. The Morgan fingerprint density at radius 3 is 2.70 bits per heavy atom. The van der Waals surface area contributed by atoms with Crippen LogP contribution >= 0.6 is 11.3 Å². The average Bonchev–Trinajstić information content (AvgIpc) is 2.90. The number of nitrogens with one attached hydrogen (secondary N) is 1. The van der Waals surface area contributed by atoms with Gasteiger partial charge < -0.3 is 5.11 Å². The summed E-state index contributed by atoms with van der Waals surface area (Å²) in [6, 6.07) is 1.52. The minimum atomic E-state index is -3.63. The summed E-state index contributed by atoms with van der Waals surface area (Å²) in [5.41, 5.74) is 0.737. The molecule has 1 unspecified atom stereocenters. The molecule has 1 aromatic heterocycles. The number of sulfonamides is 1. The van der Waals surface area contributed by atoms with E-state index in [4.69, 9.17) is 5.11 Å². The smallest absolute Gasteiger partial charge is 0.250 e. The van der Waals surface area contributed by atoms with Gasteiger partial charge in [0.05, 0.1) is 18.1 Å². The number of hydrogen-bond donors (Lipinski definition) is 2. The zero-order valence-electron chi connectivity index (χ0n) is 11.0. The molecule has 2 N–H and O–H groups in total. The van der Waals surface area contributed by atoms with Gasteiger partial charge in [-0.2, -0.15) is 0 Å². The molecule has 1 atom stereocenters. The van der Waals surface area contributed by atoms with Crippen LogP contribution in [0.3, 0.4) is 0 Å². The van der Waals surface area contributed by atoms with Crippen molar-refractivity contribution in [3.63, 3.8) is 0 Å². The molecule has 1 saturated heterocycles. The van der Waals surface area contributed by atoms with Gasteiger partial charge in [-0.3, -0.25) is 0 Å². The van der Waals surface area contributed by atoms with Crippen molar-refractivity contribution >= 4 is 31.2 Å². The summed E-state index contributed by atoms with van der Waals surface area (Å²) in [7, 11) is -6.63. The van der Waals surface area contributed by atoms with Gasteiger partial charge in [0.25, 0.3) is 0 Å². The van der Waals surface area contributed by atoms with E-state index in [0.29, 0.717) is 11.3 Å². The molecule has 0 spiro atoms. The van der Waals surface area contributed by atoms with Crippen LogP contribution in [0, 0.1) is 12.8 Å². The fourth-order valence-corrected chi connectivity index (χ4v) is 6.58. The lowest BCUT2D eigenvalue weighted by atomic mass is 10.1. The van der Waals surface area contributed by atoms with Crippen LogP contribution in [0.1, 0.15) is 16.9 Å². The molecule has 1 aliphatic heterocycles. The van der Waals surface area contributed by atoms with Gasteiger partial charge in [0.15, 0.2) is 9.84 Å². The highest BCUT2D eigenvalue weighted by Gasteiger charge is 2.29. The van der Waals surface area contributed by atoms with Crippen molar-refractivity contribution in [1.29, 1.82) is 0 Å². The summed E-state index contributed by atoms with van der Waals surface area (Å²) in [5, 5.41) is 9.09. The van der Waals surface area contributed by atoms with Crippen LogP contribution in [0.15, 0.2) is 10.3 Å². The normalized spacial score (nSPS) is 22.2. The van der Waals surface area contributed by atoms with E-state index in [-0.39, 0.29) is 34.8 Å². The Bertz CT molecular complexity index is 690. The predicted octanol–water partition coefficient (Wildman–Crippen LogP) is 0.262. The van der Waals surface area contributed by atoms with Crippen LogP contribution in [0.5, 0.6) is 0 Å². The lowest BCUT2D eigenvalue weighted by Crippen LogP contribution is -2.29. The van der Waals surface area contributed by atoms with E-state index in [2.05, 4.69) is 4.72 Å². The van der Waals surface area contributed by atoms with Crippen LogP contribution in [0.4, 0.5) is 0 Å². The van der Waals surface area contributed by atoms with Gasteiger partial charge >= 0.3 is 0 Å². The molecule has 0 amide bonds.